The van der Waals surface area contributed by atoms with Gasteiger partial charge in [0, 0.05) is 11.9 Å². The second-order valence-corrected chi connectivity index (χ2v) is 4.55. The zero-order valence-electron chi connectivity index (χ0n) is 8.53. The van der Waals surface area contributed by atoms with Gasteiger partial charge in [-0.05, 0) is 12.0 Å². The molecular formula is C12H14BrNO. The van der Waals surface area contributed by atoms with Crippen LogP contribution >= 0.6 is 15.9 Å². The lowest BCUT2D eigenvalue weighted by atomic mass is 9.94. The molecule has 2 rings (SSSR count). The summed E-state index contributed by atoms with van der Waals surface area (Å²) in [5.74, 6) is 0.282. The van der Waals surface area contributed by atoms with Gasteiger partial charge in [0.15, 0.2) is 0 Å². The Morgan fingerprint density at radius 2 is 2.07 bits per heavy atom. The number of carbonyl (C=O) groups is 1. The summed E-state index contributed by atoms with van der Waals surface area (Å²) in [6.07, 6.45) is 1.70. The van der Waals surface area contributed by atoms with Crippen LogP contribution in [0.1, 0.15) is 24.4 Å². The molecule has 1 aliphatic rings. The first kappa shape index (κ1) is 10.7. The van der Waals surface area contributed by atoms with Gasteiger partial charge in [0.05, 0.1) is 12.5 Å². The molecule has 0 N–H and O–H groups in total. The Bertz CT molecular complexity index is 339. The van der Waals surface area contributed by atoms with Crippen molar-refractivity contribution in [2.24, 2.45) is 0 Å². The van der Waals surface area contributed by atoms with E-state index in [9.17, 15) is 4.79 Å². The van der Waals surface area contributed by atoms with Crippen molar-refractivity contribution in [3.63, 3.8) is 0 Å². The molecule has 3 heteroatoms. The number of halogens is 1. The molecule has 1 atom stereocenters. The molecule has 1 aliphatic heterocycles. The highest BCUT2D eigenvalue weighted by Crippen LogP contribution is 2.34. The molecule has 1 aromatic carbocycles. The summed E-state index contributed by atoms with van der Waals surface area (Å²) in [5.41, 5.74) is 1.26. The fourth-order valence-electron chi connectivity index (χ4n) is 1.94. The molecule has 0 saturated carbocycles. The topological polar surface area (TPSA) is 20.3 Å². The minimum Gasteiger partial charge on any atom is -0.335 e. The quantitative estimate of drug-likeness (QED) is 0.607. The lowest BCUT2D eigenvalue weighted by molar-refractivity contribution is -0.146. The van der Waals surface area contributed by atoms with E-state index in [1.807, 2.05) is 23.1 Å². The Hall–Kier alpha value is -0.830. The van der Waals surface area contributed by atoms with E-state index in [0.29, 0.717) is 12.5 Å². The minimum absolute atomic E-state index is 0.282. The Morgan fingerprint density at radius 3 is 2.67 bits per heavy atom. The standard InChI is InChI=1S/C12H14BrNO/c13-7-4-8-14-11(9-12(14)15)10-5-2-1-3-6-10/h1-3,5-6,11H,4,7-9H2. The van der Waals surface area contributed by atoms with Crippen LogP contribution in [0.25, 0.3) is 0 Å². The van der Waals surface area contributed by atoms with Crippen molar-refractivity contribution in [2.45, 2.75) is 18.9 Å². The maximum Gasteiger partial charge on any atom is 0.225 e. The van der Waals surface area contributed by atoms with E-state index in [1.54, 1.807) is 0 Å². The van der Waals surface area contributed by atoms with Gasteiger partial charge < -0.3 is 4.90 Å². The second kappa shape index (κ2) is 4.79. The van der Waals surface area contributed by atoms with E-state index in [2.05, 4.69) is 28.1 Å². The normalized spacial score (nSPS) is 20.2. The number of carbonyl (C=O) groups excluding carboxylic acids is 1. The van der Waals surface area contributed by atoms with Gasteiger partial charge in [0.2, 0.25) is 5.91 Å². The summed E-state index contributed by atoms with van der Waals surface area (Å²) in [5, 5.41) is 0.957. The van der Waals surface area contributed by atoms with Crippen LogP contribution in [0.4, 0.5) is 0 Å². The number of nitrogens with zero attached hydrogens (tertiary/aromatic N) is 1. The summed E-state index contributed by atoms with van der Waals surface area (Å²) in [6, 6.07) is 10.6. The number of likely N-dealkylation sites (tertiary alicyclic amines) is 1. The average Bonchev–Trinajstić information content (AvgIpc) is 2.27. The van der Waals surface area contributed by atoms with Crippen LogP contribution in [0, 0.1) is 0 Å². The van der Waals surface area contributed by atoms with E-state index >= 15 is 0 Å². The first-order valence-corrected chi connectivity index (χ1v) is 6.35. The highest BCUT2D eigenvalue weighted by Gasteiger charge is 2.36. The molecule has 0 spiro atoms. The Balaban J connectivity index is 2.02. The summed E-state index contributed by atoms with van der Waals surface area (Å²) < 4.78 is 0. The van der Waals surface area contributed by atoms with Crippen LogP contribution in [0.2, 0.25) is 0 Å². The molecule has 1 aromatic rings. The lowest BCUT2D eigenvalue weighted by Crippen LogP contribution is -2.46. The Morgan fingerprint density at radius 1 is 1.33 bits per heavy atom. The van der Waals surface area contributed by atoms with Crippen molar-refractivity contribution in [1.82, 2.24) is 4.90 Å². The third-order valence-electron chi connectivity index (χ3n) is 2.78. The number of alkyl halides is 1. The number of β-lactam (4-membered cyclic amide) rings is 1. The highest BCUT2D eigenvalue weighted by molar-refractivity contribution is 9.09. The smallest absolute Gasteiger partial charge is 0.225 e. The predicted octanol–water partition coefficient (Wildman–Crippen LogP) is 2.75. The maximum absolute atomic E-state index is 11.4. The number of benzene rings is 1. The fraction of sp³-hybridized carbons (Fsp3) is 0.417. The van der Waals surface area contributed by atoms with Crippen molar-refractivity contribution in [1.29, 1.82) is 0 Å². The maximum atomic E-state index is 11.4. The SMILES string of the molecule is O=C1CC(c2ccccc2)N1CCCBr. The van der Waals surface area contributed by atoms with E-state index < -0.39 is 0 Å². The van der Waals surface area contributed by atoms with Gasteiger partial charge in [-0.3, -0.25) is 4.79 Å². The van der Waals surface area contributed by atoms with Gasteiger partial charge in [-0.15, -0.1) is 0 Å². The molecule has 1 unspecified atom stereocenters. The molecule has 1 saturated heterocycles. The van der Waals surface area contributed by atoms with Crippen molar-refractivity contribution in [3.8, 4) is 0 Å². The molecule has 1 amide bonds. The number of rotatable bonds is 4. The zero-order valence-corrected chi connectivity index (χ0v) is 10.1. The van der Waals surface area contributed by atoms with Crippen molar-refractivity contribution < 1.29 is 4.79 Å². The van der Waals surface area contributed by atoms with E-state index in [4.69, 9.17) is 0 Å². The third kappa shape index (κ3) is 2.23. The first-order chi connectivity index (χ1) is 7.33. The molecule has 0 radical (unpaired) electrons. The molecule has 0 aliphatic carbocycles. The number of hydrogen-bond acceptors (Lipinski definition) is 1. The monoisotopic (exact) mass is 267 g/mol. The summed E-state index contributed by atoms with van der Waals surface area (Å²) >= 11 is 3.39. The van der Waals surface area contributed by atoms with E-state index in [1.165, 1.54) is 5.56 Å². The summed E-state index contributed by atoms with van der Waals surface area (Å²) in [7, 11) is 0. The highest BCUT2D eigenvalue weighted by atomic mass is 79.9. The molecule has 15 heavy (non-hydrogen) atoms. The van der Waals surface area contributed by atoms with Gasteiger partial charge in [-0.25, -0.2) is 0 Å². The van der Waals surface area contributed by atoms with Gasteiger partial charge in [-0.1, -0.05) is 46.3 Å². The minimum atomic E-state index is 0.282. The van der Waals surface area contributed by atoms with Crippen LogP contribution < -0.4 is 0 Å². The Labute approximate surface area is 98.4 Å². The van der Waals surface area contributed by atoms with Crippen LogP contribution in [0.5, 0.6) is 0 Å². The van der Waals surface area contributed by atoms with Gasteiger partial charge in [0.25, 0.3) is 0 Å². The van der Waals surface area contributed by atoms with Crippen molar-refractivity contribution in [2.75, 3.05) is 11.9 Å². The molecule has 2 nitrogen and oxygen atoms in total. The number of amides is 1. The molecule has 80 valence electrons. The van der Waals surface area contributed by atoms with Crippen molar-refractivity contribution in [3.05, 3.63) is 35.9 Å². The third-order valence-corrected chi connectivity index (χ3v) is 3.34. The van der Waals surface area contributed by atoms with Crippen molar-refractivity contribution >= 4 is 21.8 Å². The Kier molecular flexibility index (Phi) is 3.41. The predicted molar refractivity (Wildman–Crippen MR) is 63.9 cm³/mol. The van der Waals surface area contributed by atoms with Gasteiger partial charge in [-0.2, -0.15) is 0 Å². The van der Waals surface area contributed by atoms with E-state index in [-0.39, 0.29) is 5.91 Å². The van der Waals surface area contributed by atoms with Gasteiger partial charge in [0.1, 0.15) is 0 Å². The lowest BCUT2D eigenvalue weighted by Gasteiger charge is -2.40. The second-order valence-electron chi connectivity index (χ2n) is 3.76. The molecule has 1 fully saturated rings. The fourth-order valence-corrected chi connectivity index (χ4v) is 2.19. The largest absolute Gasteiger partial charge is 0.335 e. The summed E-state index contributed by atoms with van der Waals surface area (Å²) in [6.45, 7) is 0.865. The van der Waals surface area contributed by atoms with Crippen LogP contribution in [0.15, 0.2) is 30.3 Å². The molecular weight excluding hydrogens is 254 g/mol. The summed E-state index contributed by atoms with van der Waals surface area (Å²) in [4.78, 5) is 13.4. The average molecular weight is 268 g/mol. The number of hydrogen-bond donors (Lipinski definition) is 0. The molecule has 0 bridgehead atoms. The van der Waals surface area contributed by atoms with Crippen LogP contribution in [-0.2, 0) is 4.79 Å². The zero-order chi connectivity index (χ0) is 10.7. The van der Waals surface area contributed by atoms with Gasteiger partial charge >= 0.3 is 0 Å². The molecule has 1 heterocycles. The van der Waals surface area contributed by atoms with Crippen LogP contribution in [-0.4, -0.2) is 22.7 Å². The van der Waals surface area contributed by atoms with Crippen LogP contribution in [0.3, 0.4) is 0 Å². The van der Waals surface area contributed by atoms with E-state index in [0.717, 1.165) is 18.3 Å². The molecule has 0 aromatic heterocycles. The first-order valence-electron chi connectivity index (χ1n) is 5.23.